The van der Waals surface area contributed by atoms with Gasteiger partial charge in [0.1, 0.15) is 0 Å². The zero-order valence-corrected chi connectivity index (χ0v) is 15.7. The second kappa shape index (κ2) is 8.10. The Bertz CT molecular complexity index is 784. The molecule has 0 amide bonds. The van der Waals surface area contributed by atoms with Gasteiger partial charge in [-0.2, -0.15) is 5.26 Å². The zero-order chi connectivity index (χ0) is 17.8. The second-order valence-electron chi connectivity index (χ2n) is 7.76. The first kappa shape index (κ1) is 17.4. The molecule has 0 aromatic heterocycles. The van der Waals surface area contributed by atoms with Gasteiger partial charge in [-0.3, -0.25) is 4.90 Å². The Morgan fingerprint density at radius 1 is 0.769 bits per heavy atom. The van der Waals surface area contributed by atoms with Crippen LogP contribution in [0.4, 0.5) is 5.69 Å². The van der Waals surface area contributed by atoms with Crippen molar-refractivity contribution in [1.29, 1.82) is 5.26 Å². The number of hydrogen-bond acceptors (Lipinski definition) is 3. The fourth-order valence-electron chi connectivity index (χ4n) is 4.78. The monoisotopic (exact) mass is 347 g/mol. The lowest BCUT2D eigenvalue weighted by atomic mass is 10.0. The van der Waals surface area contributed by atoms with Gasteiger partial charge >= 0.3 is 0 Å². The van der Waals surface area contributed by atoms with E-state index in [0.29, 0.717) is 6.17 Å². The molecule has 2 aliphatic rings. The number of benzene rings is 2. The highest BCUT2D eigenvalue weighted by molar-refractivity contribution is 5.98. The van der Waals surface area contributed by atoms with Crippen LogP contribution in [-0.2, 0) is 0 Å². The first-order valence-electron chi connectivity index (χ1n) is 10.3. The summed E-state index contributed by atoms with van der Waals surface area (Å²) in [5.74, 6) is 0. The van der Waals surface area contributed by atoms with Gasteiger partial charge in [-0.15, -0.1) is 0 Å². The van der Waals surface area contributed by atoms with Crippen LogP contribution in [-0.4, -0.2) is 30.7 Å². The van der Waals surface area contributed by atoms with Gasteiger partial charge < -0.3 is 4.90 Å². The van der Waals surface area contributed by atoms with Crippen molar-refractivity contribution in [2.75, 3.05) is 24.5 Å². The molecule has 2 aromatic rings. The average molecular weight is 348 g/mol. The van der Waals surface area contributed by atoms with E-state index in [1.165, 1.54) is 75.5 Å². The van der Waals surface area contributed by atoms with Crippen molar-refractivity contribution in [2.45, 2.75) is 57.5 Å². The van der Waals surface area contributed by atoms with E-state index in [9.17, 15) is 5.26 Å². The van der Waals surface area contributed by atoms with E-state index in [0.717, 1.165) is 17.5 Å². The summed E-state index contributed by atoms with van der Waals surface area (Å²) in [7, 11) is 0. The predicted octanol–water partition coefficient (Wildman–Crippen LogP) is 5.29. The van der Waals surface area contributed by atoms with E-state index in [4.69, 9.17) is 0 Å². The van der Waals surface area contributed by atoms with Crippen LogP contribution in [0.2, 0.25) is 0 Å². The quantitative estimate of drug-likeness (QED) is 0.739. The van der Waals surface area contributed by atoms with Gasteiger partial charge in [0.25, 0.3) is 0 Å². The summed E-state index contributed by atoms with van der Waals surface area (Å²) in [5, 5.41) is 11.8. The van der Waals surface area contributed by atoms with E-state index in [-0.39, 0.29) is 0 Å². The minimum atomic E-state index is 0.506. The molecule has 1 unspecified atom stereocenters. The normalized spacial score (nSPS) is 22.6. The van der Waals surface area contributed by atoms with Crippen molar-refractivity contribution in [3.63, 3.8) is 0 Å². The van der Waals surface area contributed by atoms with E-state index < -0.39 is 0 Å². The third kappa shape index (κ3) is 3.44. The minimum Gasteiger partial charge on any atom is -0.355 e. The molecule has 0 radical (unpaired) electrons. The van der Waals surface area contributed by atoms with E-state index in [1.807, 2.05) is 12.1 Å². The molecule has 2 aromatic carbocycles. The molecule has 3 heteroatoms. The topological polar surface area (TPSA) is 30.3 Å². The molecule has 2 saturated heterocycles. The average Bonchev–Trinajstić information content (AvgIpc) is 3.10. The molecule has 26 heavy (non-hydrogen) atoms. The molecule has 0 saturated carbocycles. The summed E-state index contributed by atoms with van der Waals surface area (Å²) in [5.41, 5.74) is 2.10. The minimum absolute atomic E-state index is 0.506. The molecule has 4 rings (SSSR count). The van der Waals surface area contributed by atoms with Gasteiger partial charge in [0.05, 0.1) is 17.8 Å². The number of hydrogen-bond donors (Lipinski definition) is 0. The van der Waals surface area contributed by atoms with Crippen LogP contribution in [0.25, 0.3) is 10.8 Å². The maximum absolute atomic E-state index is 9.50. The molecule has 2 heterocycles. The van der Waals surface area contributed by atoms with Crippen LogP contribution in [0.15, 0.2) is 36.4 Å². The van der Waals surface area contributed by atoms with Crippen molar-refractivity contribution >= 4 is 16.5 Å². The Morgan fingerprint density at radius 2 is 1.46 bits per heavy atom. The lowest BCUT2D eigenvalue weighted by molar-refractivity contribution is 0.190. The van der Waals surface area contributed by atoms with E-state index in [1.54, 1.807) is 0 Å². The Hall–Kier alpha value is -2.05. The highest BCUT2D eigenvalue weighted by Crippen LogP contribution is 2.34. The first-order valence-corrected chi connectivity index (χ1v) is 10.3. The highest BCUT2D eigenvalue weighted by atomic mass is 15.4. The predicted molar refractivity (Wildman–Crippen MR) is 108 cm³/mol. The van der Waals surface area contributed by atoms with Crippen LogP contribution >= 0.6 is 0 Å². The third-order valence-corrected chi connectivity index (χ3v) is 6.11. The molecule has 1 atom stereocenters. The molecule has 2 fully saturated rings. The molecule has 3 nitrogen and oxygen atoms in total. The van der Waals surface area contributed by atoms with Gasteiger partial charge in [-0.1, -0.05) is 43.5 Å². The SMILES string of the molecule is N#Cc1ccc(N2CCCCCC2N2CCCCCC2)c2ccccc12. The summed E-state index contributed by atoms with van der Waals surface area (Å²) >= 11 is 0. The Labute approximate surface area is 157 Å². The number of fused-ring (bicyclic) bond motifs is 1. The standard InChI is InChI=1S/C23H29N3/c24-18-19-13-14-22(21-11-6-5-10-20(19)21)26-17-9-3-4-12-23(26)25-15-7-1-2-8-16-25/h5-6,10-11,13-14,23H,1-4,7-9,12,15-17H2. The van der Waals surface area contributed by atoms with Crippen LogP contribution < -0.4 is 4.90 Å². The van der Waals surface area contributed by atoms with Gasteiger partial charge in [-0.25, -0.2) is 0 Å². The molecule has 0 N–H and O–H groups in total. The maximum Gasteiger partial charge on any atom is 0.0998 e. The van der Waals surface area contributed by atoms with Crippen LogP contribution in [0.1, 0.15) is 56.9 Å². The summed E-state index contributed by atoms with van der Waals surface area (Å²) in [6, 6.07) is 15.0. The van der Waals surface area contributed by atoms with Crippen LogP contribution in [0.5, 0.6) is 0 Å². The number of likely N-dealkylation sites (tertiary alicyclic amines) is 1. The summed E-state index contributed by atoms with van der Waals surface area (Å²) in [4.78, 5) is 5.40. The van der Waals surface area contributed by atoms with E-state index in [2.05, 4.69) is 40.1 Å². The van der Waals surface area contributed by atoms with Crippen molar-refractivity contribution in [2.24, 2.45) is 0 Å². The molecule has 136 valence electrons. The summed E-state index contributed by atoms with van der Waals surface area (Å²) in [6.45, 7) is 3.59. The number of anilines is 1. The Kier molecular flexibility index (Phi) is 5.41. The van der Waals surface area contributed by atoms with Gasteiger partial charge in [0.2, 0.25) is 0 Å². The van der Waals surface area contributed by atoms with Crippen molar-refractivity contribution in [3.05, 3.63) is 42.0 Å². The zero-order valence-electron chi connectivity index (χ0n) is 15.7. The largest absolute Gasteiger partial charge is 0.355 e. The fourth-order valence-corrected chi connectivity index (χ4v) is 4.78. The smallest absolute Gasteiger partial charge is 0.0998 e. The van der Waals surface area contributed by atoms with Crippen molar-refractivity contribution < 1.29 is 0 Å². The molecule has 0 aliphatic carbocycles. The molecule has 2 aliphatic heterocycles. The van der Waals surface area contributed by atoms with Gasteiger partial charge in [0, 0.05) is 36.1 Å². The van der Waals surface area contributed by atoms with Crippen LogP contribution in [0, 0.1) is 11.3 Å². The Morgan fingerprint density at radius 3 is 2.23 bits per heavy atom. The van der Waals surface area contributed by atoms with Crippen molar-refractivity contribution in [3.8, 4) is 6.07 Å². The molecule has 0 spiro atoms. The molecular formula is C23H29N3. The molecule has 0 bridgehead atoms. The second-order valence-corrected chi connectivity index (χ2v) is 7.76. The van der Waals surface area contributed by atoms with Crippen LogP contribution in [0.3, 0.4) is 0 Å². The highest BCUT2D eigenvalue weighted by Gasteiger charge is 2.28. The van der Waals surface area contributed by atoms with E-state index >= 15 is 0 Å². The molecular weight excluding hydrogens is 318 g/mol. The summed E-state index contributed by atoms with van der Waals surface area (Å²) < 4.78 is 0. The number of nitrogens with zero attached hydrogens (tertiary/aromatic N) is 3. The van der Waals surface area contributed by atoms with Gasteiger partial charge in [-0.05, 0) is 44.2 Å². The Balaban J connectivity index is 1.75. The third-order valence-electron chi connectivity index (χ3n) is 6.11. The lowest BCUT2D eigenvalue weighted by Crippen LogP contribution is -2.48. The summed E-state index contributed by atoms with van der Waals surface area (Å²) in [6.07, 6.45) is 11.1. The number of rotatable bonds is 2. The number of nitriles is 1. The fraction of sp³-hybridized carbons (Fsp3) is 0.522. The lowest BCUT2D eigenvalue weighted by Gasteiger charge is -2.40. The first-order chi connectivity index (χ1) is 12.9. The maximum atomic E-state index is 9.50. The van der Waals surface area contributed by atoms with Gasteiger partial charge in [0.15, 0.2) is 0 Å². The van der Waals surface area contributed by atoms with Crippen molar-refractivity contribution in [1.82, 2.24) is 4.90 Å².